The first-order valence-electron chi connectivity index (χ1n) is 2.90. The molecule has 0 fully saturated rings. The predicted octanol–water partition coefficient (Wildman–Crippen LogP) is 2.72. The normalized spacial score (nSPS) is 8.45. The van der Waals surface area contributed by atoms with Gasteiger partial charge < -0.3 is 25.2 Å². The summed E-state index contributed by atoms with van der Waals surface area (Å²) in [6.07, 6.45) is 2.14. The molecule has 0 aromatic heterocycles. The van der Waals surface area contributed by atoms with Crippen molar-refractivity contribution in [2.75, 3.05) is 14.1 Å². The Labute approximate surface area is 90.7 Å². The average molecular weight is 188 g/mol. The molecule has 0 bridgehead atoms. The van der Waals surface area contributed by atoms with Crippen molar-refractivity contribution < 1.29 is 25.8 Å². The fraction of sp³-hybridized carbons (Fsp3) is 0.625. The van der Waals surface area contributed by atoms with Crippen molar-refractivity contribution in [3.8, 4) is 0 Å². The van der Waals surface area contributed by atoms with Gasteiger partial charge in [0.1, 0.15) is 0 Å². The van der Waals surface area contributed by atoms with Crippen molar-refractivity contribution in [2.45, 2.75) is 19.8 Å². The van der Waals surface area contributed by atoms with Gasteiger partial charge in [-0.1, -0.05) is 33.3 Å². The number of rotatable bonds is 2. The summed E-state index contributed by atoms with van der Waals surface area (Å²) in [6, 6.07) is 0. The monoisotopic (exact) mass is 188 g/mol. The summed E-state index contributed by atoms with van der Waals surface area (Å²) < 4.78 is 0. The van der Waals surface area contributed by atoms with E-state index in [1.54, 1.807) is 14.1 Å². The zero-order chi connectivity index (χ0) is 6.41. The van der Waals surface area contributed by atoms with E-state index in [1.165, 1.54) is 0 Å². The Morgan fingerprint density at radius 1 is 1.36 bits per heavy atom. The summed E-state index contributed by atoms with van der Waals surface area (Å²) in [5.41, 5.74) is 0. The standard InChI is InChI=1S/C6H13N2.2CH3.Sc/c1-4-5-6(7-2)8-3;;;/h4-5H2,1-3H3;2*1H3;/q3*-1;. The minimum Gasteiger partial charge on any atom is -0.473 e. The summed E-state index contributed by atoms with van der Waals surface area (Å²) in [5, 5.41) is 3.95. The summed E-state index contributed by atoms with van der Waals surface area (Å²) >= 11 is 0. The summed E-state index contributed by atoms with van der Waals surface area (Å²) in [6.45, 7) is 2.12. The van der Waals surface area contributed by atoms with Crippen molar-refractivity contribution in [1.29, 1.82) is 0 Å². The topological polar surface area (TPSA) is 26.5 Å². The molecule has 0 aliphatic carbocycles. The molecule has 0 atom stereocenters. The summed E-state index contributed by atoms with van der Waals surface area (Å²) in [5.74, 6) is 0.965. The molecule has 0 aromatic rings. The molecular formula is C8H19N2Sc-3. The van der Waals surface area contributed by atoms with Gasteiger partial charge in [-0.05, 0) is 6.42 Å². The van der Waals surface area contributed by atoms with Crippen LogP contribution in [-0.2, 0) is 25.8 Å². The van der Waals surface area contributed by atoms with E-state index in [0.29, 0.717) is 0 Å². The number of amidine groups is 1. The summed E-state index contributed by atoms with van der Waals surface area (Å²) in [7, 11) is 3.55. The van der Waals surface area contributed by atoms with E-state index in [1.807, 2.05) is 0 Å². The van der Waals surface area contributed by atoms with Crippen LogP contribution in [0.5, 0.6) is 0 Å². The molecular weight excluding hydrogens is 169 g/mol. The Morgan fingerprint density at radius 2 is 1.82 bits per heavy atom. The molecule has 0 aliphatic rings. The zero-order valence-corrected chi connectivity index (χ0v) is 10.2. The summed E-state index contributed by atoms with van der Waals surface area (Å²) in [4.78, 5) is 3.95. The van der Waals surface area contributed by atoms with Crippen LogP contribution in [0.25, 0.3) is 5.32 Å². The van der Waals surface area contributed by atoms with E-state index < -0.39 is 0 Å². The zero-order valence-electron chi connectivity index (χ0n) is 8.39. The van der Waals surface area contributed by atoms with Gasteiger partial charge in [-0.2, -0.15) is 0 Å². The van der Waals surface area contributed by atoms with Gasteiger partial charge in [0.25, 0.3) is 0 Å². The van der Waals surface area contributed by atoms with Crippen LogP contribution in [0.2, 0.25) is 0 Å². The third-order valence-corrected chi connectivity index (χ3v) is 0.990. The van der Waals surface area contributed by atoms with Gasteiger partial charge >= 0.3 is 0 Å². The van der Waals surface area contributed by atoms with E-state index >= 15 is 0 Å². The van der Waals surface area contributed by atoms with Crippen LogP contribution in [-0.4, -0.2) is 19.9 Å². The Kier molecular flexibility index (Phi) is 34.3. The smallest absolute Gasteiger partial charge is 0 e. The van der Waals surface area contributed by atoms with Gasteiger partial charge in [-0.15, -0.1) is 0 Å². The maximum absolute atomic E-state index is 3.95. The van der Waals surface area contributed by atoms with Gasteiger partial charge in [-0.3, -0.25) is 0 Å². The van der Waals surface area contributed by atoms with Crippen molar-refractivity contribution >= 4 is 5.84 Å². The Hall–Kier alpha value is 0.340. The average Bonchev–Trinajstić information content (AvgIpc) is 1.83. The number of aliphatic imine (C=N–C) groups is 1. The maximum Gasteiger partial charge on any atom is 0 e. The van der Waals surface area contributed by atoms with Crippen LogP contribution < -0.4 is 0 Å². The van der Waals surface area contributed by atoms with Gasteiger partial charge in [0.05, 0.1) is 0 Å². The SMILES string of the molecule is CCCC(=NC)[N-]C.[CH3-].[CH3-].[Sc]. The van der Waals surface area contributed by atoms with E-state index in [-0.39, 0.29) is 40.7 Å². The molecule has 0 aromatic carbocycles. The van der Waals surface area contributed by atoms with E-state index in [9.17, 15) is 0 Å². The van der Waals surface area contributed by atoms with E-state index in [0.717, 1.165) is 18.7 Å². The van der Waals surface area contributed by atoms with Crippen LogP contribution in [0, 0.1) is 14.9 Å². The molecule has 67 valence electrons. The van der Waals surface area contributed by atoms with Gasteiger partial charge in [-0.25, -0.2) is 0 Å². The molecule has 0 unspecified atom stereocenters. The third-order valence-electron chi connectivity index (χ3n) is 0.990. The minimum atomic E-state index is 0. The second kappa shape index (κ2) is 16.7. The molecule has 0 saturated carbocycles. The number of nitrogens with zero attached hydrogens (tertiary/aromatic N) is 2. The van der Waals surface area contributed by atoms with Gasteiger partial charge in [0.15, 0.2) is 0 Å². The first kappa shape index (κ1) is 22.5. The van der Waals surface area contributed by atoms with Crippen LogP contribution in [0.15, 0.2) is 4.99 Å². The third kappa shape index (κ3) is 13.3. The molecule has 11 heavy (non-hydrogen) atoms. The molecule has 0 saturated heterocycles. The largest absolute Gasteiger partial charge is 0.473 e. The number of hydrogen-bond acceptors (Lipinski definition) is 1. The first-order chi connectivity index (χ1) is 3.85. The Bertz CT molecular complexity index is 82.2. The van der Waals surface area contributed by atoms with Gasteiger partial charge in [0.2, 0.25) is 0 Å². The Balaban J connectivity index is -0.0000000817. The molecule has 3 heteroatoms. The minimum absolute atomic E-state index is 0. The quantitative estimate of drug-likeness (QED) is 0.362. The molecule has 1 radical (unpaired) electrons. The fourth-order valence-electron chi connectivity index (χ4n) is 0.547. The second-order valence-electron chi connectivity index (χ2n) is 1.61. The molecule has 0 heterocycles. The molecule has 0 rings (SSSR count). The van der Waals surface area contributed by atoms with Crippen LogP contribution >= 0.6 is 0 Å². The fourth-order valence-corrected chi connectivity index (χ4v) is 0.547. The Morgan fingerprint density at radius 3 is 1.91 bits per heavy atom. The first-order valence-corrected chi connectivity index (χ1v) is 2.90. The molecule has 0 N–H and O–H groups in total. The van der Waals surface area contributed by atoms with Crippen LogP contribution in [0.4, 0.5) is 0 Å². The van der Waals surface area contributed by atoms with E-state index in [2.05, 4.69) is 17.2 Å². The predicted molar refractivity (Wildman–Crippen MR) is 50.4 cm³/mol. The van der Waals surface area contributed by atoms with Crippen molar-refractivity contribution in [3.05, 3.63) is 20.2 Å². The molecule has 0 spiro atoms. The molecule has 0 aliphatic heterocycles. The van der Waals surface area contributed by atoms with Gasteiger partial charge in [0, 0.05) is 25.8 Å². The molecule has 2 nitrogen and oxygen atoms in total. The molecule has 0 amide bonds. The second-order valence-corrected chi connectivity index (χ2v) is 1.61. The van der Waals surface area contributed by atoms with Crippen LogP contribution in [0.3, 0.4) is 0 Å². The van der Waals surface area contributed by atoms with Crippen molar-refractivity contribution in [1.82, 2.24) is 0 Å². The van der Waals surface area contributed by atoms with Crippen molar-refractivity contribution in [2.24, 2.45) is 4.99 Å². The van der Waals surface area contributed by atoms with Crippen molar-refractivity contribution in [3.63, 3.8) is 0 Å². The number of hydrogen-bond donors (Lipinski definition) is 0. The van der Waals surface area contributed by atoms with E-state index in [4.69, 9.17) is 0 Å². The van der Waals surface area contributed by atoms with Crippen LogP contribution in [0.1, 0.15) is 19.8 Å². The maximum atomic E-state index is 3.95.